The van der Waals surface area contributed by atoms with Crippen molar-refractivity contribution in [1.82, 2.24) is 0 Å². The highest BCUT2D eigenvalue weighted by molar-refractivity contribution is 6.46. The summed E-state index contributed by atoms with van der Waals surface area (Å²) < 4.78 is 16.1. The van der Waals surface area contributed by atoms with Gasteiger partial charge < -0.3 is 19.1 Å². The largest absolute Gasteiger partial charge is 0.497 e. The minimum Gasteiger partial charge on any atom is -0.497 e. The van der Waals surface area contributed by atoms with Crippen molar-refractivity contribution in [2.75, 3.05) is 37.7 Å². The molecule has 0 bridgehead atoms. The number of carbonyl (C=O) groups excluding carboxylic acids is 2. The Bertz CT molecular complexity index is 1310. The fourth-order valence-corrected chi connectivity index (χ4v) is 4.55. The third-order valence-corrected chi connectivity index (χ3v) is 6.22. The second-order valence-corrected chi connectivity index (χ2v) is 7.97. The van der Waals surface area contributed by atoms with Crippen molar-refractivity contribution in [3.63, 3.8) is 0 Å². The number of hydrogen-bond acceptors (Lipinski definition) is 6. The van der Waals surface area contributed by atoms with Crippen LogP contribution in [-0.4, -0.2) is 39.7 Å². The van der Waals surface area contributed by atoms with Crippen LogP contribution in [-0.2, 0) is 16.0 Å². The number of imide groups is 1. The maximum Gasteiger partial charge on any atom is 0.282 e. The topological polar surface area (TPSA) is 68.3 Å². The number of para-hydroxylation sites is 1. The Morgan fingerprint density at radius 1 is 0.735 bits per heavy atom. The summed E-state index contributed by atoms with van der Waals surface area (Å²) in [6.45, 7) is 0.608. The molecule has 0 aliphatic carbocycles. The highest BCUT2D eigenvalue weighted by Crippen LogP contribution is 2.43. The van der Waals surface area contributed by atoms with Gasteiger partial charge in [0.05, 0.1) is 32.6 Å². The SMILES string of the molecule is COc1ccc(C2=C(N3CCc4ccccc43)C(=O)N(c3cc(OC)ccc3OC)C2=O)cc1. The van der Waals surface area contributed by atoms with Gasteiger partial charge in [-0.05, 0) is 47.9 Å². The summed E-state index contributed by atoms with van der Waals surface area (Å²) in [4.78, 5) is 31.0. The van der Waals surface area contributed by atoms with Crippen molar-refractivity contribution in [2.24, 2.45) is 0 Å². The van der Waals surface area contributed by atoms with Crippen LogP contribution in [0.4, 0.5) is 11.4 Å². The Kier molecular flexibility index (Phi) is 5.45. The Hall–Kier alpha value is -4.26. The van der Waals surface area contributed by atoms with Crippen LogP contribution in [0.5, 0.6) is 17.2 Å². The van der Waals surface area contributed by atoms with Gasteiger partial charge in [-0.3, -0.25) is 9.59 Å². The first-order valence-electron chi connectivity index (χ1n) is 10.9. The quantitative estimate of drug-likeness (QED) is 0.521. The highest BCUT2D eigenvalue weighted by Gasteiger charge is 2.45. The van der Waals surface area contributed by atoms with Gasteiger partial charge in [0.25, 0.3) is 11.8 Å². The van der Waals surface area contributed by atoms with Gasteiger partial charge in [0, 0.05) is 18.3 Å². The molecular formula is C27H24N2O5. The molecule has 0 saturated carbocycles. The first kappa shape index (κ1) is 21.6. The predicted octanol–water partition coefficient (Wildman–Crippen LogP) is 4.06. The molecule has 3 aromatic rings. The van der Waals surface area contributed by atoms with Gasteiger partial charge in [-0.1, -0.05) is 30.3 Å². The van der Waals surface area contributed by atoms with Gasteiger partial charge >= 0.3 is 0 Å². The van der Waals surface area contributed by atoms with E-state index in [2.05, 4.69) is 0 Å². The molecule has 3 aromatic carbocycles. The number of anilines is 2. The van der Waals surface area contributed by atoms with Crippen LogP contribution >= 0.6 is 0 Å². The van der Waals surface area contributed by atoms with Gasteiger partial charge in [0.1, 0.15) is 22.9 Å². The van der Waals surface area contributed by atoms with E-state index in [1.54, 1.807) is 49.6 Å². The lowest BCUT2D eigenvalue weighted by Gasteiger charge is -2.22. The van der Waals surface area contributed by atoms with Crippen LogP contribution in [0.2, 0.25) is 0 Å². The molecule has 34 heavy (non-hydrogen) atoms. The molecule has 7 nitrogen and oxygen atoms in total. The molecule has 2 aliphatic rings. The molecule has 0 aromatic heterocycles. The van der Waals surface area contributed by atoms with E-state index >= 15 is 0 Å². The summed E-state index contributed by atoms with van der Waals surface area (Å²) in [6, 6.07) is 20.2. The van der Waals surface area contributed by atoms with E-state index in [-0.39, 0.29) is 0 Å². The Balaban J connectivity index is 1.69. The first-order valence-corrected chi connectivity index (χ1v) is 10.9. The monoisotopic (exact) mass is 456 g/mol. The van der Waals surface area contributed by atoms with E-state index in [1.807, 2.05) is 29.2 Å². The number of hydrogen-bond donors (Lipinski definition) is 0. The third-order valence-electron chi connectivity index (χ3n) is 6.22. The summed E-state index contributed by atoms with van der Waals surface area (Å²) in [7, 11) is 4.63. The molecule has 0 fully saturated rings. The summed E-state index contributed by atoms with van der Waals surface area (Å²) >= 11 is 0. The summed E-state index contributed by atoms with van der Waals surface area (Å²) in [6.07, 6.45) is 0.791. The molecule has 5 rings (SSSR count). The first-order chi connectivity index (χ1) is 16.6. The van der Waals surface area contributed by atoms with Crippen molar-refractivity contribution in [3.8, 4) is 17.2 Å². The molecule has 0 radical (unpaired) electrons. The number of fused-ring (bicyclic) bond motifs is 1. The number of ether oxygens (including phenoxy) is 3. The van der Waals surface area contributed by atoms with E-state index in [9.17, 15) is 9.59 Å². The maximum absolute atomic E-state index is 14.0. The zero-order valence-electron chi connectivity index (χ0n) is 19.2. The van der Waals surface area contributed by atoms with Gasteiger partial charge in [-0.25, -0.2) is 4.90 Å². The molecule has 2 heterocycles. The highest BCUT2D eigenvalue weighted by atomic mass is 16.5. The standard InChI is InChI=1S/C27H24N2O5/c1-32-19-10-8-18(9-11-19)24-25(28-15-14-17-6-4-5-7-21(17)28)27(31)29(26(24)30)22-16-20(33-2)12-13-23(22)34-3/h4-13,16H,14-15H2,1-3H3. The van der Waals surface area contributed by atoms with Crippen LogP contribution in [0, 0.1) is 0 Å². The van der Waals surface area contributed by atoms with Crippen LogP contribution in [0.1, 0.15) is 11.1 Å². The summed E-state index contributed by atoms with van der Waals surface area (Å²) in [5, 5.41) is 0. The lowest BCUT2D eigenvalue weighted by molar-refractivity contribution is -0.120. The molecule has 2 aliphatic heterocycles. The molecule has 0 unspecified atom stereocenters. The van der Waals surface area contributed by atoms with Gasteiger partial charge in [0.2, 0.25) is 0 Å². The minimum absolute atomic E-state index is 0.338. The summed E-state index contributed by atoms with van der Waals surface area (Å²) in [5.41, 5.74) is 3.75. The molecule has 172 valence electrons. The van der Waals surface area contributed by atoms with Crippen LogP contribution < -0.4 is 24.0 Å². The summed E-state index contributed by atoms with van der Waals surface area (Å²) in [5.74, 6) is 0.766. The van der Waals surface area contributed by atoms with Crippen molar-refractivity contribution in [2.45, 2.75) is 6.42 Å². The molecule has 0 saturated heterocycles. The second-order valence-electron chi connectivity index (χ2n) is 7.97. The van der Waals surface area contributed by atoms with E-state index in [1.165, 1.54) is 19.1 Å². The number of carbonyl (C=O) groups is 2. The second kappa shape index (κ2) is 8.59. The molecule has 0 spiro atoms. The van der Waals surface area contributed by atoms with Crippen molar-refractivity contribution in [3.05, 3.63) is 83.6 Å². The Morgan fingerprint density at radius 3 is 2.15 bits per heavy atom. The fraction of sp³-hybridized carbons (Fsp3) is 0.185. The van der Waals surface area contributed by atoms with Crippen molar-refractivity contribution in [1.29, 1.82) is 0 Å². The zero-order chi connectivity index (χ0) is 23.8. The van der Waals surface area contributed by atoms with Crippen LogP contribution in [0.25, 0.3) is 5.57 Å². The fourth-order valence-electron chi connectivity index (χ4n) is 4.55. The average Bonchev–Trinajstić information content (AvgIpc) is 3.41. The van der Waals surface area contributed by atoms with E-state index < -0.39 is 11.8 Å². The number of benzene rings is 3. The van der Waals surface area contributed by atoms with E-state index in [0.717, 1.165) is 17.7 Å². The van der Waals surface area contributed by atoms with Crippen LogP contribution in [0.15, 0.2) is 72.4 Å². The molecule has 2 amide bonds. The Morgan fingerprint density at radius 2 is 1.44 bits per heavy atom. The minimum atomic E-state index is -0.416. The molecular weight excluding hydrogens is 432 g/mol. The normalized spacial score (nSPS) is 15.1. The predicted molar refractivity (Wildman–Crippen MR) is 129 cm³/mol. The van der Waals surface area contributed by atoms with Gasteiger partial charge in [-0.15, -0.1) is 0 Å². The average molecular weight is 456 g/mol. The maximum atomic E-state index is 14.0. The Labute approximate surface area is 197 Å². The number of rotatable bonds is 6. The van der Waals surface area contributed by atoms with Crippen LogP contribution in [0.3, 0.4) is 0 Å². The number of methoxy groups -OCH3 is 3. The van der Waals surface area contributed by atoms with E-state index in [4.69, 9.17) is 14.2 Å². The zero-order valence-corrected chi connectivity index (χ0v) is 19.2. The molecule has 7 heteroatoms. The van der Waals surface area contributed by atoms with Crippen molar-refractivity contribution >= 4 is 28.8 Å². The smallest absolute Gasteiger partial charge is 0.282 e. The number of amides is 2. The lowest BCUT2D eigenvalue weighted by atomic mass is 10.0. The van der Waals surface area contributed by atoms with E-state index in [0.29, 0.717) is 46.3 Å². The molecule has 0 atom stereocenters. The van der Waals surface area contributed by atoms with Gasteiger partial charge in [-0.2, -0.15) is 0 Å². The van der Waals surface area contributed by atoms with Gasteiger partial charge in [0.15, 0.2) is 0 Å². The molecule has 0 N–H and O–H groups in total. The number of nitrogens with zero attached hydrogens (tertiary/aromatic N) is 2. The van der Waals surface area contributed by atoms with Crippen molar-refractivity contribution < 1.29 is 23.8 Å². The lowest BCUT2D eigenvalue weighted by Crippen LogP contribution is -2.35. The third kappa shape index (κ3) is 3.37.